The maximum Gasteiger partial charge on any atom is 0.316 e. The number of fused-ring (bicyclic) bond motifs is 1. The second-order valence-electron chi connectivity index (χ2n) is 7.24. The average molecular weight is 365 g/mol. The number of hydrogen-bond acceptors (Lipinski definition) is 4. The molecule has 1 aliphatic rings. The third-order valence-electron chi connectivity index (χ3n) is 4.49. The molecule has 2 amide bonds. The second kappa shape index (κ2) is 7.23. The minimum atomic E-state index is -0.640. The molecule has 0 aromatic heterocycles. The zero-order chi connectivity index (χ0) is 19.6. The van der Waals surface area contributed by atoms with Gasteiger partial charge in [-0.05, 0) is 62.2 Å². The van der Waals surface area contributed by atoms with Gasteiger partial charge in [-0.2, -0.15) is 0 Å². The van der Waals surface area contributed by atoms with Gasteiger partial charge in [0.1, 0.15) is 5.75 Å². The van der Waals surface area contributed by atoms with Crippen molar-refractivity contribution in [2.45, 2.75) is 32.2 Å². The number of aliphatic imine (C=N–C) groups is 1. The highest BCUT2D eigenvalue weighted by molar-refractivity contribution is 6.17. The minimum absolute atomic E-state index is 0.0363. The first-order valence-electron chi connectivity index (χ1n) is 8.73. The van der Waals surface area contributed by atoms with Crippen LogP contribution in [0, 0.1) is 0 Å². The average Bonchev–Trinajstić information content (AvgIpc) is 2.60. The number of urea groups is 1. The van der Waals surface area contributed by atoms with Gasteiger partial charge < -0.3 is 15.8 Å². The van der Waals surface area contributed by atoms with E-state index in [4.69, 9.17) is 15.5 Å². The number of primary amides is 1. The molecule has 2 aromatic carbocycles. The summed E-state index contributed by atoms with van der Waals surface area (Å²) in [5, 5.41) is 2.48. The molecule has 0 fully saturated rings. The van der Waals surface area contributed by atoms with Crippen LogP contribution in [0.2, 0.25) is 0 Å². The molecule has 1 aliphatic heterocycles. The number of nitrogens with zero attached hydrogens (tertiary/aromatic N) is 1. The van der Waals surface area contributed by atoms with Crippen LogP contribution in [0.4, 0.5) is 10.5 Å². The lowest BCUT2D eigenvalue weighted by atomic mass is 9.85. The van der Waals surface area contributed by atoms with Crippen molar-refractivity contribution in [2.75, 3.05) is 12.4 Å². The first-order chi connectivity index (χ1) is 12.8. The Morgan fingerprint density at radius 1 is 1.19 bits per heavy atom. The van der Waals surface area contributed by atoms with E-state index >= 15 is 0 Å². The summed E-state index contributed by atoms with van der Waals surface area (Å²) in [6.07, 6.45) is 1.02. The van der Waals surface area contributed by atoms with Gasteiger partial charge in [-0.3, -0.25) is 9.79 Å². The summed E-state index contributed by atoms with van der Waals surface area (Å²) in [4.78, 5) is 28.5. The molecular weight excluding hydrogens is 342 g/mol. The van der Waals surface area contributed by atoms with Gasteiger partial charge in [0.15, 0.2) is 5.78 Å². The summed E-state index contributed by atoms with van der Waals surface area (Å²) in [7, 11) is 1.62. The van der Waals surface area contributed by atoms with Crippen LogP contribution in [0.1, 0.15) is 41.8 Å². The summed E-state index contributed by atoms with van der Waals surface area (Å²) in [5.41, 5.74) is 8.84. The molecule has 0 saturated heterocycles. The normalized spacial score (nSPS) is 14.7. The smallest absolute Gasteiger partial charge is 0.316 e. The van der Waals surface area contributed by atoms with Gasteiger partial charge in [0.2, 0.25) is 0 Å². The van der Waals surface area contributed by atoms with E-state index in [0.717, 1.165) is 23.4 Å². The van der Waals surface area contributed by atoms with Gasteiger partial charge in [0.25, 0.3) is 0 Å². The van der Waals surface area contributed by atoms with Crippen molar-refractivity contribution < 1.29 is 14.3 Å². The van der Waals surface area contributed by atoms with E-state index in [1.54, 1.807) is 31.4 Å². The molecule has 140 valence electrons. The van der Waals surface area contributed by atoms with Crippen molar-refractivity contribution in [1.82, 2.24) is 0 Å². The van der Waals surface area contributed by atoms with Gasteiger partial charge in [0, 0.05) is 16.8 Å². The fourth-order valence-electron chi connectivity index (χ4n) is 3.31. The topological polar surface area (TPSA) is 93.8 Å². The largest absolute Gasteiger partial charge is 0.497 e. The lowest BCUT2D eigenvalue weighted by molar-refractivity contribution is 0.100. The maximum atomic E-state index is 12.8. The third kappa shape index (κ3) is 4.34. The standard InChI is InChI=1S/C21H23N3O3/c1-21(2)12-14-6-9-16(27-3)10-17(14)18(24-21)11-19(25)13-4-7-15(8-5-13)23-20(22)26/h4-10H,11-12H2,1-3H3,(H3,22,23,26). The number of amides is 2. The van der Waals surface area contributed by atoms with Crippen LogP contribution < -0.4 is 15.8 Å². The summed E-state index contributed by atoms with van der Waals surface area (Å²) in [6.45, 7) is 4.13. The Kier molecular flexibility index (Phi) is 4.99. The van der Waals surface area contributed by atoms with Gasteiger partial charge in [0.05, 0.1) is 24.8 Å². The summed E-state index contributed by atoms with van der Waals surface area (Å²) in [5.74, 6) is 0.710. The van der Waals surface area contributed by atoms with Crippen molar-refractivity contribution in [2.24, 2.45) is 10.7 Å². The van der Waals surface area contributed by atoms with Crippen molar-refractivity contribution in [1.29, 1.82) is 0 Å². The number of benzene rings is 2. The Bertz CT molecular complexity index is 915. The lowest BCUT2D eigenvalue weighted by Gasteiger charge is -2.29. The molecule has 0 spiro atoms. The maximum absolute atomic E-state index is 12.8. The first-order valence-corrected chi connectivity index (χ1v) is 8.73. The molecule has 0 radical (unpaired) electrons. The highest BCUT2D eigenvalue weighted by atomic mass is 16.5. The minimum Gasteiger partial charge on any atom is -0.497 e. The Balaban J connectivity index is 1.86. The Labute approximate surface area is 158 Å². The Hall–Kier alpha value is -3.15. The molecule has 27 heavy (non-hydrogen) atoms. The zero-order valence-corrected chi connectivity index (χ0v) is 15.7. The van der Waals surface area contributed by atoms with E-state index in [0.29, 0.717) is 11.3 Å². The lowest BCUT2D eigenvalue weighted by Crippen LogP contribution is -2.30. The second-order valence-corrected chi connectivity index (χ2v) is 7.24. The van der Waals surface area contributed by atoms with Crippen molar-refractivity contribution in [3.05, 3.63) is 59.2 Å². The van der Waals surface area contributed by atoms with Crippen LogP contribution in [0.5, 0.6) is 5.75 Å². The molecular formula is C21H23N3O3. The van der Waals surface area contributed by atoms with Crippen molar-refractivity contribution in [3.63, 3.8) is 0 Å². The molecule has 0 atom stereocenters. The van der Waals surface area contributed by atoms with E-state index in [-0.39, 0.29) is 17.7 Å². The van der Waals surface area contributed by atoms with Crippen LogP contribution >= 0.6 is 0 Å². The summed E-state index contributed by atoms with van der Waals surface area (Å²) < 4.78 is 5.33. The predicted octanol–water partition coefficient (Wildman–Crippen LogP) is 3.58. The molecule has 3 rings (SSSR count). The number of Topliss-reactive ketones (excluding diaryl/α,β-unsaturated/α-hetero) is 1. The third-order valence-corrected chi connectivity index (χ3v) is 4.49. The van der Waals surface area contributed by atoms with Crippen LogP contribution in [0.3, 0.4) is 0 Å². The number of hydrogen-bond donors (Lipinski definition) is 2. The quantitative estimate of drug-likeness (QED) is 0.793. The van der Waals surface area contributed by atoms with E-state index in [1.165, 1.54) is 5.56 Å². The van der Waals surface area contributed by atoms with Gasteiger partial charge in [-0.25, -0.2) is 4.79 Å². The molecule has 3 N–H and O–H groups in total. The highest BCUT2D eigenvalue weighted by Gasteiger charge is 2.28. The number of rotatable bonds is 5. The van der Waals surface area contributed by atoms with E-state index in [9.17, 15) is 9.59 Å². The Morgan fingerprint density at radius 2 is 1.89 bits per heavy atom. The molecule has 1 heterocycles. The molecule has 6 heteroatoms. The van der Waals surface area contributed by atoms with Gasteiger partial charge in [-0.1, -0.05) is 6.07 Å². The van der Waals surface area contributed by atoms with Gasteiger partial charge in [-0.15, -0.1) is 0 Å². The summed E-state index contributed by atoms with van der Waals surface area (Å²) in [6, 6.07) is 11.9. The number of ether oxygens (including phenoxy) is 1. The first kappa shape index (κ1) is 18.6. The number of nitrogens with two attached hydrogens (primary N) is 1. The van der Waals surface area contributed by atoms with Crippen molar-refractivity contribution >= 4 is 23.2 Å². The number of anilines is 1. The van der Waals surface area contributed by atoms with E-state index in [1.807, 2.05) is 18.2 Å². The van der Waals surface area contributed by atoms with Crippen molar-refractivity contribution in [3.8, 4) is 5.75 Å². The number of methoxy groups -OCH3 is 1. The molecule has 6 nitrogen and oxygen atoms in total. The van der Waals surface area contributed by atoms with Crippen LogP contribution in [0.25, 0.3) is 0 Å². The van der Waals surface area contributed by atoms with Crippen LogP contribution in [0.15, 0.2) is 47.5 Å². The van der Waals surface area contributed by atoms with E-state index in [2.05, 4.69) is 19.2 Å². The summed E-state index contributed by atoms with van der Waals surface area (Å²) >= 11 is 0. The highest BCUT2D eigenvalue weighted by Crippen LogP contribution is 2.31. The molecule has 0 unspecified atom stereocenters. The molecule has 0 saturated carbocycles. The van der Waals surface area contributed by atoms with Crippen LogP contribution in [-0.4, -0.2) is 30.2 Å². The number of carbonyl (C=O) groups excluding carboxylic acids is 2. The SMILES string of the molecule is COc1ccc2c(c1)C(CC(=O)c1ccc(NC(N)=O)cc1)=NC(C)(C)C2. The fraction of sp³-hybridized carbons (Fsp3) is 0.286. The molecule has 0 aliphatic carbocycles. The predicted molar refractivity (Wildman–Crippen MR) is 106 cm³/mol. The molecule has 2 aromatic rings. The monoisotopic (exact) mass is 365 g/mol. The number of nitrogens with one attached hydrogen (secondary N) is 1. The number of carbonyl (C=O) groups is 2. The zero-order valence-electron chi connectivity index (χ0n) is 15.7. The van der Waals surface area contributed by atoms with Gasteiger partial charge >= 0.3 is 6.03 Å². The van der Waals surface area contributed by atoms with E-state index < -0.39 is 6.03 Å². The van der Waals surface area contributed by atoms with Crippen LogP contribution in [-0.2, 0) is 6.42 Å². The molecule has 0 bridgehead atoms. The fourth-order valence-corrected chi connectivity index (χ4v) is 3.31. The Morgan fingerprint density at radius 3 is 2.52 bits per heavy atom. The number of ketones is 1.